The molecule has 6 nitrogen and oxygen atoms in total. The maximum Gasteiger partial charge on any atom is 0.136 e. The van der Waals surface area contributed by atoms with Crippen LogP contribution in [-0.4, -0.2) is 53.3 Å². The number of aromatic nitrogens is 2. The second-order valence-electron chi connectivity index (χ2n) is 5.31. The van der Waals surface area contributed by atoms with Gasteiger partial charge in [0.15, 0.2) is 0 Å². The third-order valence-corrected chi connectivity index (χ3v) is 3.95. The molecule has 1 saturated heterocycles. The topological polar surface area (TPSA) is 70.6 Å². The molecule has 0 amide bonds. The predicted octanol–water partition coefficient (Wildman–Crippen LogP) is 1.70. The lowest BCUT2D eigenvalue weighted by atomic mass is 10.0. The van der Waals surface area contributed by atoms with Crippen molar-refractivity contribution in [3.63, 3.8) is 0 Å². The number of fused-ring (bicyclic) bond motifs is 1. The lowest BCUT2D eigenvalue weighted by Gasteiger charge is -2.45. The quantitative estimate of drug-likeness (QED) is 0.687. The highest BCUT2D eigenvalue weighted by Crippen LogP contribution is 2.40. The minimum Gasteiger partial charge on any atom is -0.383 e. The van der Waals surface area contributed by atoms with Crippen molar-refractivity contribution in [3.05, 3.63) is 18.5 Å². The summed E-state index contributed by atoms with van der Waals surface area (Å²) in [5.74, 6) is 0.463. The molecule has 0 unspecified atom stereocenters. The lowest BCUT2D eigenvalue weighted by Crippen LogP contribution is -2.57. The molecule has 1 fully saturated rings. The second-order valence-corrected chi connectivity index (χ2v) is 5.49. The monoisotopic (exact) mass is 300 g/mol. The minimum absolute atomic E-state index is 0.463. The maximum absolute atomic E-state index is 6.06. The molecule has 7 heteroatoms. The van der Waals surface area contributed by atoms with Crippen molar-refractivity contribution in [2.24, 2.45) is 4.99 Å². The minimum atomic E-state index is 0.463. The number of anilines is 2. The fourth-order valence-corrected chi connectivity index (χ4v) is 2.67. The first kappa shape index (κ1) is 13.9. The van der Waals surface area contributed by atoms with Gasteiger partial charge < -0.3 is 15.5 Å². The first-order valence-corrected chi connectivity index (χ1v) is 7.05. The summed E-state index contributed by atoms with van der Waals surface area (Å²) in [7, 11) is 4.16. The van der Waals surface area contributed by atoms with Crippen LogP contribution < -0.4 is 10.6 Å². The Hall–Kier alpha value is -2.08. The zero-order valence-electron chi connectivity index (χ0n) is 11.9. The Morgan fingerprint density at radius 1 is 1.38 bits per heavy atom. The van der Waals surface area contributed by atoms with E-state index in [2.05, 4.69) is 44.0 Å². The van der Waals surface area contributed by atoms with E-state index in [0.29, 0.717) is 11.9 Å². The molecule has 0 radical (unpaired) electrons. The van der Waals surface area contributed by atoms with Crippen LogP contribution in [0.15, 0.2) is 23.5 Å². The van der Waals surface area contributed by atoms with Crippen molar-refractivity contribution in [1.29, 1.82) is 0 Å². The Morgan fingerprint density at radius 3 is 2.81 bits per heavy atom. The Morgan fingerprint density at radius 2 is 2.14 bits per heavy atom. The average Bonchev–Trinajstić information content (AvgIpc) is 2.39. The highest BCUT2D eigenvalue weighted by Gasteiger charge is 2.31. The Balaban J connectivity index is 2.14. The normalized spacial score (nSPS) is 15.1. The van der Waals surface area contributed by atoms with Gasteiger partial charge in [-0.2, -0.15) is 4.99 Å². The Labute approximate surface area is 128 Å². The van der Waals surface area contributed by atoms with Gasteiger partial charge in [0.05, 0.1) is 27.4 Å². The van der Waals surface area contributed by atoms with Gasteiger partial charge in [-0.15, -0.1) is 0 Å². The number of benzene rings is 1. The first-order chi connectivity index (χ1) is 10.1. The summed E-state index contributed by atoms with van der Waals surface area (Å²) < 4.78 is 0. The van der Waals surface area contributed by atoms with E-state index >= 15 is 0 Å². The largest absolute Gasteiger partial charge is 0.383 e. The molecule has 0 saturated carbocycles. The van der Waals surface area contributed by atoms with E-state index in [4.69, 9.17) is 18.0 Å². The molecule has 3 rings (SSSR count). The molecule has 0 aliphatic carbocycles. The van der Waals surface area contributed by atoms with Crippen molar-refractivity contribution in [2.45, 2.75) is 6.04 Å². The molecule has 108 valence electrons. The number of hydrogen-bond acceptors (Lipinski definition) is 7. The Bertz CT molecular complexity index is 732. The zero-order valence-corrected chi connectivity index (χ0v) is 12.8. The van der Waals surface area contributed by atoms with Gasteiger partial charge in [-0.25, -0.2) is 9.97 Å². The highest BCUT2D eigenvalue weighted by molar-refractivity contribution is 7.78. The summed E-state index contributed by atoms with van der Waals surface area (Å²) in [4.78, 5) is 17.0. The van der Waals surface area contributed by atoms with E-state index in [-0.39, 0.29) is 0 Å². The number of thiocarbonyl (C=S) groups is 1. The number of rotatable bonds is 3. The molecule has 1 aliphatic rings. The lowest BCUT2D eigenvalue weighted by molar-refractivity contribution is 0.247. The van der Waals surface area contributed by atoms with Crippen LogP contribution in [0.2, 0.25) is 0 Å². The summed E-state index contributed by atoms with van der Waals surface area (Å²) in [5.41, 5.74) is 8.58. The van der Waals surface area contributed by atoms with Crippen molar-refractivity contribution in [2.75, 3.05) is 37.8 Å². The van der Waals surface area contributed by atoms with Crippen molar-refractivity contribution in [1.82, 2.24) is 14.9 Å². The third-order valence-electron chi connectivity index (χ3n) is 3.86. The van der Waals surface area contributed by atoms with E-state index < -0.39 is 0 Å². The van der Waals surface area contributed by atoms with Gasteiger partial charge in [-0.1, -0.05) is 0 Å². The summed E-state index contributed by atoms with van der Waals surface area (Å²) >= 11 is 4.75. The van der Waals surface area contributed by atoms with Crippen LogP contribution in [0, 0.1) is 0 Å². The standard InChI is InChI=1S/C14H16N6S/c1-19(2)9-5-20(6-9)13-11(18-8-21)4-3-10-12(13)14(15)17-7-16-10/h3-4,7,9H,5-6H2,1-2H3,(H2,15,16,17). The maximum atomic E-state index is 6.06. The van der Waals surface area contributed by atoms with Crippen LogP contribution in [0.1, 0.15) is 0 Å². The number of nitrogen functional groups attached to an aromatic ring is 1. The number of nitrogens with zero attached hydrogens (tertiary/aromatic N) is 5. The highest BCUT2D eigenvalue weighted by atomic mass is 32.1. The molecule has 1 aromatic heterocycles. The molecule has 0 bridgehead atoms. The fourth-order valence-electron chi connectivity index (χ4n) is 2.57. The molecule has 2 aromatic rings. The van der Waals surface area contributed by atoms with E-state index in [1.54, 1.807) is 0 Å². The average molecular weight is 300 g/mol. The van der Waals surface area contributed by atoms with Crippen molar-refractivity contribution >= 4 is 45.5 Å². The van der Waals surface area contributed by atoms with Crippen LogP contribution in [0.3, 0.4) is 0 Å². The van der Waals surface area contributed by atoms with E-state index in [9.17, 15) is 0 Å². The van der Waals surface area contributed by atoms with Gasteiger partial charge in [-0.3, -0.25) is 0 Å². The van der Waals surface area contributed by atoms with Crippen molar-refractivity contribution in [3.8, 4) is 0 Å². The molecule has 21 heavy (non-hydrogen) atoms. The summed E-state index contributed by atoms with van der Waals surface area (Å²) in [6.07, 6.45) is 1.47. The summed E-state index contributed by atoms with van der Waals surface area (Å²) in [6, 6.07) is 4.30. The number of likely N-dealkylation sites (N-methyl/N-ethyl adjacent to an activating group) is 1. The smallest absolute Gasteiger partial charge is 0.136 e. The number of nitrogens with two attached hydrogens (primary N) is 1. The van der Waals surface area contributed by atoms with Gasteiger partial charge in [-0.05, 0) is 38.4 Å². The molecule has 0 atom stereocenters. The van der Waals surface area contributed by atoms with Gasteiger partial charge in [0, 0.05) is 19.1 Å². The van der Waals surface area contributed by atoms with Crippen LogP contribution in [-0.2, 0) is 0 Å². The van der Waals surface area contributed by atoms with Gasteiger partial charge >= 0.3 is 0 Å². The van der Waals surface area contributed by atoms with Gasteiger partial charge in [0.1, 0.15) is 12.1 Å². The van der Waals surface area contributed by atoms with Crippen LogP contribution in [0.5, 0.6) is 0 Å². The van der Waals surface area contributed by atoms with Crippen LogP contribution >= 0.6 is 12.2 Å². The van der Waals surface area contributed by atoms with Crippen LogP contribution in [0.25, 0.3) is 10.9 Å². The van der Waals surface area contributed by atoms with E-state index in [1.807, 2.05) is 12.1 Å². The molecule has 2 heterocycles. The van der Waals surface area contributed by atoms with E-state index in [1.165, 1.54) is 6.33 Å². The molecule has 0 spiro atoms. The van der Waals surface area contributed by atoms with Gasteiger partial charge in [0.2, 0.25) is 0 Å². The molecular weight excluding hydrogens is 284 g/mol. The molecule has 1 aliphatic heterocycles. The number of aliphatic imine (C=N–C) groups is 1. The van der Waals surface area contributed by atoms with Crippen LogP contribution in [0.4, 0.5) is 17.2 Å². The fraction of sp³-hybridized carbons (Fsp3) is 0.357. The third kappa shape index (κ3) is 2.35. The first-order valence-electron chi connectivity index (χ1n) is 6.64. The molecule has 2 N–H and O–H groups in total. The summed E-state index contributed by atoms with van der Waals surface area (Å²) in [6.45, 7) is 1.83. The zero-order chi connectivity index (χ0) is 15.0. The van der Waals surface area contributed by atoms with Crippen molar-refractivity contribution < 1.29 is 0 Å². The molecule has 1 aromatic carbocycles. The second kappa shape index (κ2) is 5.37. The number of hydrogen-bond donors (Lipinski definition) is 1. The number of isothiocyanates is 1. The Kier molecular flexibility index (Phi) is 3.55. The van der Waals surface area contributed by atoms with E-state index in [0.717, 1.165) is 35.4 Å². The SMILES string of the molecule is CN(C)C1CN(c2c(N=C=S)ccc3ncnc(N)c23)C1. The van der Waals surface area contributed by atoms with Gasteiger partial charge in [0.25, 0.3) is 0 Å². The molecular formula is C14H16N6S. The predicted molar refractivity (Wildman–Crippen MR) is 88.3 cm³/mol. The summed E-state index contributed by atoms with van der Waals surface area (Å²) in [5, 5.41) is 3.27.